The summed E-state index contributed by atoms with van der Waals surface area (Å²) in [5.41, 5.74) is 0. The van der Waals surface area contributed by atoms with Crippen molar-refractivity contribution in [3.63, 3.8) is 0 Å². The standard InChI is InChI=1S/C16H23F5OS/c1-2-3-13-4-6-14(7-5-13)12-22-15-8-10-16(11-9-15)23(17,18,19,20)21/h8-11,13-14H,2-7,12H2,1H3. The van der Waals surface area contributed by atoms with Crippen molar-refractivity contribution in [3.8, 4) is 5.75 Å². The molecule has 1 aliphatic rings. The molecule has 0 aliphatic heterocycles. The van der Waals surface area contributed by atoms with E-state index in [9.17, 15) is 19.4 Å². The lowest BCUT2D eigenvalue weighted by Crippen LogP contribution is -2.20. The topological polar surface area (TPSA) is 9.23 Å². The highest BCUT2D eigenvalue weighted by Gasteiger charge is 2.65. The Labute approximate surface area is 133 Å². The first kappa shape index (κ1) is 18.4. The summed E-state index contributed by atoms with van der Waals surface area (Å²) < 4.78 is 68.5. The summed E-state index contributed by atoms with van der Waals surface area (Å²) in [5.74, 6) is 1.36. The monoisotopic (exact) mass is 358 g/mol. The highest BCUT2D eigenvalue weighted by atomic mass is 32.5. The van der Waals surface area contributed by atoms with E-state index in [-0.39, 0.29) is 5.75 Å². The normalized spacial score (nSPS) is 25.5. The molecule has 23 heavy (non-hydrogen) atoms. The van der Waals surface area contributed by atoms with Gasteiger partial charge in [-0.25, -0.2) is 0 Å². The zero-order chi connectivity index (χ0) is 17.2. The van der Waals surface area contributed by atoms with E-state index in [0.29, 0.717) is 24.7 Å². The van der Waals surface area contributed by atoms with Crippen molar-refractivity contribution in [1.29, 1.82) is 0 Å². The molecule has 0 heterocycles. The molecule has 1 saturated carbocycles. The summed E-state index contributed by atoms with van der Waals surface area (Å²) in [5, 5.41) is 0. The van der Waals surface area contributed by atoms with Gasteiger partial charge in [0.25, 0.3) is 0 Å². The summed E-state index contributed by atoms with van der Waals surface area (Å²) in [6.07, 6.45) is 6.84. The Morgan fingerprint density at radius 1 is 0.913 bits per heavy atom. The molecule has 1 fully saturated rings. The van der Waals surface area contributed by atoms with Crippen molar-refractivity contribution in [1.82, 2.24) is 0 Å². The van der Waals surface area contributed by atoms with Crippen molar-refractivity contribution < 1.29 is 24.2 Å². The summed E-state index contributed by atoms with van der Waals surface area (Å²) in [4.78, 5) is -1.88. The van der Waals surface area contributed by atoms with Crippen LogP contribution >= 0.6 is 10.2 Å². The van der Waals surface area contributed by atoms with E-state index in [4.69, 9.17) is 4.74 Å². The summed E-state index contributed by atoms with van der Waals surface area (Å²) >= 11 is 0. The Kier molecular flexibility index (Phi) is 4.65. The van der Waals surface area contributed by atoms with Gasteiger partial charge in [0, 0.05) is 0 Å². The first-order valence-corrected chi connectivity index (χ1v) is 9.90. The van der Waals surface area contributed by atoms with Gasteiger partial charge in [-0.15, -0.1) is 0 Å². The molecule has 0 aromatic heterocycles. The fourth-order valence-corrected chi connectivity index (χ4v) is 3.75. The molecule has 0 N–H and O–H groups in total. The van der Waals surface area contributed by atoms with Gasteiger partial charge in [0.2, 0.25) is 0 Å². The maximum atomic E-state index is 12.6. The van der Waals surface area contributed by atoms with Gasteiger partial charge in [-0.1, -0.05) is 52.0 Å². The molecule has 0 saturated heterocycles. The Morgan fingerprint density at radius 2 is 1.43 bits per heavy atom. The van der Waals surface area contributed by atoms with Crippen molar-refractivity contribution >= 4 is 10.2 Å². The lowest BCUT2D eigenvalue weighted by Gasteiger charge is -2.40. The van der Waals surface area contributed by atoms with E-state index in [0.717, 1.165) is 43.7 Å². The third-order valence-corrected chi connectivity index (χ3v) is 5.58. The maximum Gasteiger partial charge on any atom is 0.310 e. The minimum absolute atomic E-state index is 0.200. The molecule has 0 radical (unpaired) electrons. The minimum Gasteiger partial charge on any atom is -0.493 e. The Hall–Kier alpha value is -0.980. The van der Waals surface area contributed by atoms with Crippen molar-refractivity contribution in [2.75, 3.05) is 6.61 Å². The molecule has 0 spiro atoms. The van der Waals surface area contributed by atoms with Gasteiger partial charge in [-0.3, -0.25) is 0 Å². The van der Waals surface area contributed by atoms with E-state index in [1.54, 1.807) is 0 Å². The Bertz CT molecular complexity index is 517. The minimum atomic E-state index is -9.59. The van der Waals surface area contributed by atoms with Gasteiger partial charge in [0.15, 0.2) is 0 Å². The fourth-order valence-electron chi connectivity index (χ4n) is 3.10. The second-order valence-corrected chi connectivity index (χ2v) is 8.84. The second-order valence-electron chi connectivity index (χ2n) is 6.43. The molecule has 1 aromatic carbocycles. The van der Waals surface area contributed by atoms with Gasteiger partial charge < -0.3 is 4.74 Å². The molecule has 0 atom stereocenters. The number of benzene rings is 1. The molecule has 0 bridgehead atoms. The van der Waals surface area contributed by atoms with Crippen LogP contribution in [-0.4, -0.2) is 6.61 Å². The van der Waals surface area contributed by atoms with Crippen LogP contribution in [0.3, 0.4) is 0 Å². The number of ether oxygens (including phenoxy) is 1. The molecular weight excluding hydrogens is 335 g/mol. The van der Waals surface area contributed by atoms with Crippen LogP contribution in [0.25, 0.3) is 0 Å². The number of hydrogen-bond acceptors (Lipinski definition) is 1. The van der Waals surface area contributed by atoms with Crippen molar-refractivity contribution in [2.45, 2.75) is 50.3 Å². The SMILES string of the molecule is CCCC1CCC(COc2ccc(S(F)(F)(F)(F)F)cc2)CC1. The smallest absolute Gasteiger partial charge is 0.310 e. The third-order valence-electron chi connectivity index (χ3n) is 4.42. The molecule has 1 aliphatic carbocycles. The summed E-state index contributed by atoms with van der Waals surface area (Å²) in [7, 11) is -9.59. The third kappa shape index (κ3) is 5.55. The van der Waals surface area contributed by atoms with Gasteiger partial charge in [0.1, 0.15) is 10.6 Å². The van der Waals surface area contributed by atoms with Crippen molar-refractivity contribution in [3.05, 3.63) is 24.3 Å². The highest BCUT2D eigenvalue weighted by molar-refractivity contribution is 8.45. The predicted molar refractivity (Wildman–Crippen MR) is 83.7 cm³/mol. The van der Waals surface area contributed by atoms with Gasteiger partial charge in [0.05, 0.1) is 6.61 Å². The lowest BCUT2D eigenvalue weighted by atomic mass is 9.80. The predicted octanol–water partition coefficient (Wildman–Crippen LogP) is 7.33. The van der Waals surface area contributed by atoms with Gasteiger partial charge in [-0.2, -0.15) is 0 Å². The maximum absolute atomic E-state index is 12.6. The average Bonchev–Trinajstić information content (AvgIpc) is 2.45. The van der Waals surface area contributed by atoms with Crippen LogP contribution in [0, 0.1) is 11.8 Å². The van der Waals surface area contributed by atoms with Crippen LogP contribution < -0.4 is 4.74 Å². The average molecular weight is 358 g/mol. The first-order chi connectivity index (χ1) is 10.5. The summed E-state index contributed by atoms with van der Waals surface area (Å²) in [6.45, 7) is 2.60. The first-order valence-electron chi connectivity index (χ1n) is 7.95. The molecule has 1 nitrogen and oxygen atoms in total. The van der Waals surface area contributed by atoms with E-state index >= 15 is 0 Å². The van der Waals surface area contributed by atoms with Gasteiger partial charge >= 0.3 is 10.2 Å². The van der Waals surface area contributed by atoms with Crippen LogP contribution in [0.5, 0.6) is 5.75 Å². The molecule has 7 heteroatoms. The van der Waals surface area contributed by atoms with Crippen LogP contribution in [0.15, 0.2) is 29.2 Å². The molecule has 0 amide bonds. The largest absolute Gasteiger partial charge is 0.493 e. The van der Waals surface area contributed by atoms with E-state index in [1.165, 1.54) is 12.8 Å². The molecule has 2 rings (SSSR count). The molecule has 1 aromatic rings. The van der Waals surface area contributed by atoms with E-state index in [2.05, 4.69) is 6.92 Å². The van der Waals surface area contributed by atoms with Crippen LogP contribution in [0.1, 0.15) is 45.4 Å². The Morgan fingerprint density at radius 3 is 1.91 bits per heavy atom. The second kappa shape index (κ2) is 5.83. The quantitative estimate of drug-likeness (QED) is 0.484. The zero-order valence-corrected chi connectivity index (χ0v) is 13.9. The molecular formula is C16H23F5OS. The van der Waals surface area contributed by atoms with Crippen LogP contribution in [0.2, 0.25) is 0 Å². The number of rotatable bonds is 6. The molecule has 134 valence electrons. The molecule has 0 unspecified atom stereocenters. The fraction of sp³-hybridized carbons (Fsp3) is 0.625. The zero-order valence-electron chi connectivity index (χ0n) is 13.1. The Balaban J connectivity index is 1.86. The lowest BCUT2D eigenvalue weighted by molar-refractivity contribution is 0.178. The number of hydrogen-bond donors (Lipinski definition) is 0. The van der Waals surface area contributed by atoms with E-state index < -0.39 is 15.1 Å². The van der Waals surface area contributed by atoms with Gasteiger partial charge in [-0.05, 0) is 48.9 Å². The van der Waals surface area contributed by atoms with Crippen LogP contribution in [-0.2, 0) is 0 Å². The summed E-state index contributed by atoms with van der Waals surface area (Å²) in [6, 6.07) is 2.73. The van der Waals surface area contributed by atoms with Crippen molar-refractivity contribution in [2.24, 2.45) is 11.8 Å². The number of halogens is 5. The van der Waals surface area contributed by atoms with Crippen LogP contribution in [0.4, 0.5) is 19.4 Å². The highest BCUT2D eigenvalue weighted by Crippen LogP contribution is 3.02. The van der Waals surface area contributed by atoms with E-state index in [1.807, 2.05) is 0 Å².